The number of hydrogen-bond acceptors (Lipinski definition) is 4. The van der Waals surface area contributed by atoms with E-state index >= 15 is 0 Å². The van der Waals surface area contributed by atoms with E-state index in [2.05, 4.69) is 10.6 Å². The molecule has 21 heavy (non-hydrogen) atoms. The van der Waals surface area contributed by atoms with Crippen molar-refractivity contribution in [3.63, 3.8) is 0 Å². The monoisotopic (exact) mass is 298 g/mol. The molecule has 1 unspecified atom stereocenters. The van der Waals surface area contributed by atoms with Crippen LogP contribution in [0.15, 0.2) is 24.3 Å². The van der Waals surface area contributed by atoms with Gasteiger partial charge in [0.15, 0.2) is 0 Å². The molecule has 0 aliphatic carbocycles. The van der Waals surface area contributed by atoms with E-state index in [4.69, 9.17) is 9.84 Å². The van der Waals surface area contributed by atoms with Crippen LogP contribution < -0.4 is 10.6 Å². The first-order valence-electron chi connectivity index (χ1n) is 6.50. The highest BCUT2D eigenvalue weighted by Gasteiger charge is 2.14. The van der Waals surface area contributed by atoms with E-state index in [-0.39, 0.29) is 31.4 Å². The van der Waals surface area contributed by atoms with Gasteiger partial charge in [-0.2, -0.15) is 0 Å². The Morgan fingerprint density at radius 2 is 2.10 bits per heavy atom. The van der Waals surface area contributed by atoms with Crippen LogP contribution in [0.4, 0.5) is 4.39 Å². The number of amides is 2. The Kier molecular flexibility index (Phi) is 7.34. The summed E-state index contributed by atoms with van der Waals surface area (Å²) in [5, 5.41) is 13.8. The number of rotatable bonds is 8. The zero-order valence-corrected chi connectivity index (χ0v) is 11.8. The van der Waals surface area contributed by atoms with Gasteiger partial charge < -0.3 is 20.5 Å². The van der Waals surface area contributed by atoms with Gasteiger partial charge in [-0.25, -0.2) is 4.39 Å². The largest absolute Gasteiger partial charge is 0.396 e. The lowest BCUT2D eigenvalue weighted by atomic mass is 10.2. The number of benzene rings is 1. The number of ether oxygens (including phenoxy) is 1. The fraction of sp³-hybridized carbons (Fsp3) is 0.429. The number of aliphatic hydroxyl groups excluding tert-OH is 1. The third-order valence-electron chi connectivity index (χ3n) is 2.74. The molecule has 3 N–H and O–H groups in total. The van der Waals surface area contributed by atoms with Crippen molar-refractivity contribution in [2.24, 2.45) is 0 Å². The van der Waals surface area contributed by atoms with E-state index in [1.165, 1.54) is 31.4 Å². The van der Waals surface area contributed by atoms with Crippen molar-refractivity contribution in [2.75, 3.05) is 26.9 Å². The fourth-order valence-electron chi connectivity index (χ4n) is 1.73. The Balaban J connectivity index is 2.45. The first-order valence-corrected chi connectivity index (χ1v) is 6.50. The van der Waals surface area contributed by atoms with Crippen LogP contribution in [0.5, 0.6) is 0 Å². The van der Waals surface area contributed by atoms with E-state index in [1.807, 2.05) is 0 Å². The molecular weight excluding hydrogens is 279 g/mol. The van der Waals surface area contributed by atoms with E-state index in [0.29, 0.717) is 6.42 Å². The molecule has 116 valence electrons. The molecule has 0 aliphatic rings. The molecule has 1 rings (SSSR count). The molecule has 6 nitrogen and oxygen atoms in total. The van der Waals surface area contributed by atoms with Gasteiger partial charge in [-0.1, -0.05) is 12.1 Å². The quantitative estimate of drug-likeness (QED) is 0.634. The normalized spacial score (nSPS) is 11.8. The molecule has 2 amide bonds. The minimum Gasteiger partial charge on any atom is -0.396 e. The molecule has 0 heterocycles. The molecule has 1 aromatic rings. The molecule has 0 radical (unpaired) electrons. The summed E-state index contributed by atoms with van der Waals surface area (Å²) in [5.74, 6) is -1.74. The SMILES string of the molecule is COCC(CCO)NC(=O)CNC(=O)c1ccccc1F. The van der Waals surface area contributed by atoms with Gasteiger partial charge in [0.2, 0.25) is 5.91 Å². The fourth-order valence-corrected chi connectivity index (χ4v) is 1.73. The second-order valence-corrected chi connectivity index (χ2v) is 4.39. The Morgan fingerprint density at radius 3 is 2.71 bits per heavy atom. The van der Waals surface area contributed by atoms with Crippen LogP contribution in [0.3, 0.4) is 0 Å². The average Bonchev–Trinajstić information content (AvgIpc) is 2.46. The summed E-state index contributed by atoms with van der Waals surface area (Å²) in [6.45, 7) is -0.109. The van der Waals surface area contributed by atoms with E-state index in [0.717, 1.165) is 0 Å². The summed E-state index contributed by atoms with van der Waals surface area (Å²) in [6, 6.07) is 5.18. The lowest BCUT2D eigenvalue weighted by Gasteiger charge is -2.17. The minimum atomic E-state index is -0.659. The van der Waals surface area contributed by atoms with Gasteiger partial charge in [-0.05, 0) is 18.6 Å². The lowest BCUT2D eigenvalue weighted by Crippen LogP contribution is -2.44. The van der Waals surface area contributed by atoms with Gasteiger partial charge >= 0.3 is 0 Å². The van der Waals surface area contributed by atoms with Crippen molar-refractivity contribution in [1.29, 1.82) is 0 Å². The number of carbonyl (C=O) groups excluding carboxylic acids is 2. The topological polar surface area (TPSA) is 87.7 Å². The lowest BCUT2D eigenvalue weighted by molar-refractivity contribution is -0.121. The Morgan fingerprint density at radius 1 is 1.38 bits per heavy atom. The maximum atomic E-state index is 13.4. The highest BCUT2D eigenvalue weighted by molar-refractivity contribution is 5.96. The third kappa shape index (κ3) is 5.88. The van der Waals surface area contributed by atoms with Crippen molar-refractivity contribution >= 4 is 11.8 Å². The van der Waals surface area contributed by atoms with Crippen molar-refractivity contribution < 1.29 is 23.8 Å². The molecule has 1 aromatic carbocycles. The maximum absolute atomic E-state index is 13.4. The molecule has 0 fully saturated rings. The van der Waals surface area contributed by atoms with Gasteiger partial charge in [0.05, 0.1) is 24.8 Å². The van der Waals surface area contributed by atoms with E-state index in [9.17, 15) is 14.0 Å². The second-order valence-electron chi connectivity index (χ2n) is 4.39. The maximum Gasteiger partial charge on any atom is 0.254 e. The number of nitrogens with one attached hydrogen (secondary N) is 2. The van der Waals surface area contributed by atoms with Crippen molar-refractivity contribution in [1.82, 2.24) is 10.6 Å². The molecular formula is C14H19FN2O4. The van der Waals surface area contributed by atoms with Gasteiger partial charge in [0.25, 0.3) is 5.91 Å². The summed E-state index contributed by atoms with van der Waals surface area (Å²) in [4.78, 5) is 23.4. The Bertz CT molecular complexity index is 476. The van der Waals surface area contributed by atoms with Crippen LogP contribution in [0, 0.1) is 5.82 Å². The molecule has 0 saturated carbocycles. The van der Waals surface area contributed by atoms with E-state index in [1.54, 1.807) is 0 Å². The standard InChI is InChI=1S/C14H19FN2O4/c1-21-9-10(6-7-18)17-13(19)8-16-14(20)11-4-2-3-5-12(11)15/h2-5,10,18H,6-9H2,1H3,(H,16,20)(H,17,19). The highest BCUT2D eigenvalue weighted by atomic mass is 19.1. The summed E-state index contributed by atoms with van der Waals surface area (Å²) < 4.78 is 18.3. The first kappa shape index (κ1) is 17.1. The summed E-state index contributed by atoms with van der Waals surface area (Å²) in [5.41, 5.74) is -0.117. The highest BCUT2D eigenvalue weighted by Crippen LogP contribution is 2.05. The number of halogens is 1. The Hall–Kier alpha value is -1.99. The van der Waals surface area contributed by atoms with Crippen LogP contribution in [0.25, 0.3) is 0 Å². The van der Waals surface area contributed by atoms with Crippen LogP contribution in [-0.4, -0.2) is 49.8 Å². The number of aliphatic hydroxyl groups is 1. The second kappa shape index (κ2) is 9.04. The predicted molar refractivity (Wildman–Crippen MR) is 74.2 cm³/mol. The van der Waals surface area contributed by atoms with Crippen molar-refractivity contribution in [3.05, 3.63) is 35.6 Å². The van der Waals surface area contributed by atoms with Crippen LogP contribution in [-0.2, 0) is 9.53 Å². The summed E-state index contributed by atoms with van der Waals surface area (Å²) in [7, 11) is 1.48. The van der Waals surface area contributed by atoms with Crippen molar-refractivity contribution in [2.45, 2.75) is 12.5 Å². The van der Waals surface area contributed by atoms with Crippen LogP contribution >= 0.6 is 0 Å². The number of methoxy groups -OCH3 is 1. The molecule has 0 aromatic heterocycles. The minimum absolute atomic E-state index is 0.0874. The van der Waals surface area contributed by atoms with Gasteiger partial charge in [-0.15, -0.1) is 0 Å². The average molecular weight is 298 g/mol. The van der Waals surface area contributed by atoms with E-state index < -0.39 is 17.6 Å². The Labute approximate surface area is 122 Å². The van der Waals surface area contributed by atoms with Gasteiger partial charge in [0, 0.05) is 13.7 Å². The van der Waals surface area contributed by atoms with Gasteiger partial charge in [0.1, 0.15) is 5.82 Å². The predicted octanol–water partition coefficient (Wildman–Crippen LogP) is 0.0691. The van der Waals surface area contributed by atoms with Gasteiger partial charge in [-0.3, -0.25) is 9.59 Å². The zero-order valence-electron chi connectivity index (χ0n) is 11.8. The van der Waals surface area contributed by atoms with Crippen molar-refractivity contribution in [3.8, 4) is 0 Å². The summed E-state index contributed by atoms with van der Waals surface area (Å²) >= 11 is 0. The zero-order chi connectivity index (χ0) is 15.7. The first-order chi connectivity index (χ1) is 10.1. The molecule has 0 aliphatic heterocycles. The van der Waals surface area contributed by atoms with Crippen LogP contribution in [0.1, 0.15) is 16.8 Å². The summed E-state index contributed by atoms with van der Waals surface area (Å²) in [6.07, 6.45) is 0.348. The molecule has 7 heteroatoms. The smallest absolute Gasteiger partial charge is 0.254 e. The number of hydrogen-bond donors (Lipinski definition) is 3. The molecule has 0 bridgehead atoms. The molecule has 0 saturated heterocycles. The third-order valence-corrected chi connectivity index (χ3v) is 2.74. The molecule has 1 atom stereocenters. The molecule has 0 spiro atoms. The number of carbonyl (C=O) groups is 2. The van der Waals surface area contributed by atoms with Crippen LogP contribution in [0.2, 0.25) is 0 Å².